The number of hydrogen-bond acceptors (Lipinski definition) is 2. The third-order valence-electron chi connectivity index (χ3n) is 1.73. The van der Waals surface area contributed by atoms with Gasteiger partial charge in [-0.05, 0) is 18.6 Å². The third-order valence-corrected chi connectivity index (χ3v) is 1.73. The quantitative estimate of drug-likeness (QED) is 0.785. The first kappa shape index (κ1) is 10.3. The Hall–Kier alpha value is -1.78. The van der Waals surface area contributed by atoms with Crippen LogP contribution in [0.1, 0.15) is 13.3 Å². The summed E-state index contributed by atoms with van der Waals surface area (Å²) in [4.78, 5) is 23.1. The number of carbonyl (C=O) groups is 2. The van der Waals surface area contributed by atoms with E-state index in [1.807, 2.05) is 6.92 Å². The van der Waals surface area contributed by atoms with Gasteiger partial charge < -0.3 is 5.11 Å². The van der Waals surface area contributed by atoms with E-state index in [0.29, 0.717) is 6.42 Å². The highest BCUT2D eigenvalue weighted by Crippen LogP contribution is 1.99. The van der Waals surface area contributed by atoms with E-state index in [-0.39, 0.29) is 6.54 Å². The molecular formula is C9H12N2O3. The lowest BCUT2D eigenvalue weighted by Gasteiger charge is -2.16. The van der Waals surface area contributed by atoms with Gasteiger partial charge in [-0.3, -0.25) is 4.57 Å². The average Bonchev–Trinajstić information content (AvgIpc) is 2.65. The van der Waals surface area contributed by atoms with Crippen LogP contribution in [0.5, 0.6) is 0 Å². The van der Waals surface area contributed by atoms with Crippen LogP contribution in [0.4, 0.5) is 9.59 Å². The number of carbonyl (C=O) groups excluding carboxylic acids is 1. The lowest BCUT2D eigenvalue weighted by molar-refractivity contribution is 0.148. The Morgan fingerprint density at radius 1 is 1.36 bits per heavy atom. The van der Waals surface area contributed by atoms with Crippen molar-refractivity contribution in [3.63, 3.8) is 0 Å². The van der Waals surface area contributed by atoms with Gasteiger partial charge in [0, 0.05) is 18.9 Å². The predicted octanol–water partition coefficient (Wildman–Crippen LogP) is 1.85. The molecule has 0 saturated carbocycles. The van der Waals surface area contributed by atoms with Gasteiger partial charge in [0.2, 0.25) is 0 Å². The fraction of sp³-hybridized carbons (Fsp3) is 0.333. The van der Waals surface area contributed by atoms with E-state index < -0.39 is 12.1 Å². The Kier molecular flexibility index (Phi) is 3.28. The summed E-state index contributed by atoms with van der Waals surface area (Å²) in [6.45, 7) is 2.03. The third kappa shape index (κ3) is 2.12. The van der Waals surface area contributed by atoms with Gasteiger partial charge in [-0.25, -0.2) is 14.5 Å². The zero-order valence-electron chi connectivity index (χ0n) is 7.88. The van der Waals surface area contributed by atoms with Gasteiger partial charge in [0.05, 0.1) is 0 Å². The molecule has 14 heavy (non-hydrogen) atoms. The van der Waals surface area contributed by atoms with Crippen LogP contribution in [0.25, 0.3) is 0 Å². The van der Waals surface area contributed by atoms with Crippen LogP contribution in [0.3, 0.4) is 0 Å². The molecule has 1 N–H and O–H groups in total. The van der Waals surface area contributed by atoms with Gasteiger partial charge >= 0.3 is 12.1 Å². The molecule has 0 aromatic carbocycles. The molecule has 0 aliphatic carbocycles. The molecule has 76 valence electrons. The van der Waals surface area contributed by atoms with Crippen LogP contribution in [0.2, 0.25) is 0 Å². The van der Waals surface area contributed by atoms with Crippen molar-refractivity contribution >= 4 is 12.1 Å². The summed E-state index contributed by atoms with van der Waals surface area (Å²) >= 11 is 0. The number of imide groups is 1. The zero-order chi connectivity index (χ0) is 10.6. The first-order valence-corrected chi connectivity index (χ1v) is 4.34. The van der Waals surface area contributed by atoms with Crippen LogP contribution < -0.4 is 0 Å². The Morgan fingerprint density at radius 3 is 2.36 bits per heavy atom. The summed E-state index contributed by atoms with van der Waals surface area (Å²) in [5, 5.41) is 8.77. The van der Waals surface area contributed by atoms with E-state index in [0.717, 1.165) is 4.90 Å². The van der Waals surface area contributed by atoms with Crippen LogP contribution in [-0.2, 0) is 0 Å². The highest BCUT2D eigenvalue weighted by atomic mass is 16.4. The largest absolute Gasteiger partial charge is 0.465 e. The summed E-state index contributed by atoms with van der Waals surface area (Å²) in [7, 11) is 0. The maximum Gasteiger partial charge on any atom is 0.415 e. The second-order valence-electron chi connectivity index (χ2n) is 2.81. The zero-order valence-corrected chi connectivity index (χ0v) is 7.88. The van der Waals surface area contributed by atoms with Crippen LogP contribution in [0, 0.1) is 0 Å². The van der Waals surface area contributed by atoms with Crippen molar-refractivity contribution in [2.24, 2.45) is 0 Å². The van der Waals surface area contributed by atoms with Crippen LogP contribution in [0.15, 0.2) is 24.5 Å². The smallest absolute Gasteiger partial charge is 0.415 e. The molecule has 5 heteroatoms. The van der Waals surface area contributed by atoms with Crippen molar-refractivity contribution in [3.05, 3.63) is 24.5 Å². The van der Waals surface area contributed by atoms with E-state index in [4.69, 9.17) is 5.11 Å². The van der Waals surface area contributed by atoms with Crippen molar-refractivity contribution in [1.82, 2.24) is 9.47 Å². The van der Waals surface area contributed by atoms with E-state index in [9.17, 15) is 9.59 Å². The monoisotopic (exact) mass is 196 g/mol. The van der Waals surface area contributed by atoms with E-state index in [1.54, 1.807) is 12.1 Å². The highest BCUT2D eigenvalue weighted by Gasteiger charge is 2.20. The molecule has 1 aromatic heterocycles. The molecule has 0 unspecified atom stereocenters. The molecule has 0 atom stereocenters. The van der Waals surface area contributed by atoms with E-state index in [2.05, 4.69) is 0 Å². The van der Waals surface area contributed by atoms with Crippen LogP contribution in [-0.4, -0.2) is 33.2 Å². The van der Waals surface area contributed by atoms with Gasteiger partial charge in [0.15, 0.2) is 0 Å². The first-order chi connectivity index (χ1) is 6.66. The standard InChI is InChI=1S/C9H12N2O3/c1-2-5-11(9(13)14)8(12)10-6-3-4-7-10/h3-4,6-7H,2,5H2,1H3,(H,13,14). The Labute approximate surface area is 81.6 Å². The van der Waals surface area contributed by atoms with Crippen molar-refractivity contribution in [1.29, 1.82) is 0 Å². The Morgan fingerprint density at radius 2 is 1.93 bits per heavy atom. The second-order valence-corrected chi connectivity index (χ2v) is 2.81. The molecule has 0 radical (unpaired) electrons. The molecule has 5 nitrogen and oxygen atoms in total. The average molecular weight is 196 g/mol. The number of carboxylic acid groups (broad SMARTS) is 1. The molecular weight excluding hydrogens is 184 g/mol. The minimum Gasteiger partial charge on any atom is -0.465 e. The number of rotatable bonds is 2. The number of aromatic nitrogens is 1. The van der Waals surface area contributed by atoms with E-state index >= 15 is 0 Å². The Bertz CT molecular complexity index is 319. The van der Waals surface area contributed by atoms with Crippen LogP contribution >= 0.6 is 0 Å². The lowest BCUT2D eigenvalue weighted by atomic mass is 10.4. The number of amides is 2. The van der Waals surface area contributed by atoms with Gasteiger partial charge in [-0.1, -0.05) is 6.92 Å². The number of nitrogens with zero attached hydrogens (tertiary/aromatic N) is 2. The number of hydrogen-bond donors (Lipinski definition) is 1. The van der Waals surface area contributed by atoms with Crippen molar-refractivity contribution in [2.75, 3.05) is 6.54 Å². The van der Waals surface area contributed by atoms with Crippen molar-refractivity contribution in [2.45, 2.75) is 13.3 Å². The van der Waals surface area contributed by atoms with Crippen molar-refractivity contribution in [3.8, 4) is 0 Å². The van der Waals surface area contributed by atoms with Gasteiger partial charge in [-0.2, -0.15) is 0 Å². The minimum absolute atomic E-state index is 0.215. The maximum absolute atomic E-state index is 11.5. The molecule has 0 bridgehead atoms. The molecule has 0 aliphatic rings. The summed E-state index contributed by atoms with van der Waals surface area (Å²) in [6.07, 6.45) is 2.44. The normalized spacial score (nSPS) is 9.79. The summed E-state index contributed by atoms with van der Waals surface area (Å²) in [5.41, 5.74) is 0. The molecule has 1 heterocycles. The summed E-state index contributed by atoms with van der Waals surface area (Å²) in [6, 6.07) is 2.80. The highest BCUT2D eigenvalue weighted by molar-refractivity contribution is 5.91. The minimum atomic E-state index is -1.22. The predicted molar refractivity (Wildman–Crippen MR) is 50.2 cm³/mol. The SMILES string of the molecule is CCCN(C(=O)O)C(=O)n1cccc1. The fourth-order valence-electron chi connectivity index (χ4n) is 1.10. The summed E-state index contributed by atoms with van der Waals surface area (Å²) in [5.74, 6) is 0. The topological polar surface area (TPSA) is 62.5 Å². The van der Waals surface area contributed by atoms with Crippen molar-refractivity contribution < 1.29 is 14.7 Å². The molecule has 1 rings (SSSR count). The Balaban J connectivity index is 2.79. The fourth-order valence-corrected chi connectivity index (χ4v) is 1.10. The lowest BCUT2D eigenvalue weighted by Crippen LogP contribution is -2.38. The van der Waals surface area contributed by atoms with Gasteiger partial charge in [0.1, 0.15) is 0 Å². The molecule has 0 aliphatic heterocycles. The van der Waals surface area contributed by atoms with E-state index in [1.165, 1.54) is 17.0 Å². The molecule has 0 fully saturated rings. The summed E-state index contributed by atoms with van der Waals surface area (Å²) < 4.78 is 1.24. The van der Waals surface area contributed by atoms with Gasteiger partial charge in [-0.15, -0.1) is 0 Å². The molecule has 1 aromatic rings. The molecule has 0 spiro atoms. The first-order valence-electron chi connectivity index (χ1n) is 4.34. The molecule has 2 amide bonds. The maximum atomic E-state index is 11.5. The molecule has 0 saturated heterocycles. The van der Waals surface area contributed by atoms with Gasteiger partial charge in [0.25, 0.3) is 0 Å². The second kappa shape index (κ2) is 4.45.